The number of aliphatic hydroxyl groups excluding tert-OH is 1. The minimum Gasteiger partial charge on any atom is -0.392 e. The number of thiophene rings is 1. The molecule has 0 aromatic carbocycles. The van der Waals surface area contributed by atoms with Crippen molar-refractivity contribution in [2.24, 2.45) is 0 Å². The molecule has 2 aromatic rings. The van der Waals surface area contributed by atoms with Crippen molar-refractivity contribution < 1.29 is 9.90 Å². The summed E-state index contributed by atoms with van der Waals surface area (Å²) in [4.78, 5) is 12.8. The van der Waals surface area contributed by atoms with Gasteiger partial charge in [0.25, 0.3) is 0 Å². The minimum atomic E-state index is -0.109. The van der Waals surface area contributed by atoms with Crippen molar-refractivity contribution in [3.05, 3.63) is 46.4 Å². The van der Waals surface area contributed by atoms with E-state index in [-0.39, 0.29) is 18.6 Å². The van der Waals surface area contributed by atoms with Crippen LogP contribution in [0.2, 0.25) is 0 Å². The van der Waals surface area contributed by atoms with E-state index in [0.29, 0.717) is 0 Å². The minimum absolute atomic E-state index is 0.0288. The molecule has 1 unspecified atom stereocenters. The van der Waals surface area contributed by atoms with Gasteiger partial charge in [0.15, 0.2) is 0 Å². The molecule has 2 heterocycles. The lowest BCUT2D eigenvalue weighted by Gasteiger charge is -2.12. The summed E-state index contributed by atoms with van der Waals surface area (Å²) in [6.07, 6.45) is 7.77. The van der Waals surface area contributed by atoms with Gasteiger partial charge in [-0.15, -0.1) is 11.3 Å². The van der Waals surface area contributed by atoms with Crippen LogP contribution in [0.4, 0.5) is 0 Å². The molecule has 0 aliphatic heterocycles. The van der Waals surface area contributed by atoms with Gasteiger partial charge in [0.05, 0.1) is 6.61 Å². The molecule has 0 bridgehead atoms. The van der Waals surface area contributed by atoms with Gasteiger partial charge in [0.1, 0.15) is 0 Å². The summed E-state index contributed by atoms with van der Waals surface area (Å²) in [7, 11) is 0. The highest BCUT2D eigenvalue weighted by Gasteiger charge is 2.05. The van der Waals surface area contributed by atoms with Crippen molar-refractivity contribution >= 4 is 23.3 Å². The zero-order chi connectivity index (χ0) is 15.1. The number of aryl methyl sites for hydroxylation is 1. The van der Waals surface area contributed by atoms with Gasteiger partial charge in [-0.05, 0) is 42.5 Å². The van der Waals surface area contributed by atoms with Crippen LogP contribution < -0.4 is 5.32 Å². The quantitative estimate of drug-likeness (QED) is 0.769. The van der Waals surface area contributed by atoms with Crippen molar-refractivity contribution in [2.75, 3.05) is 0 Å². The van der Waals surface area contributed by atoms with Crippen LogP contribution in [0.5, 0.6) is 0 Å². The summed E-state index contributed by atoms with van der Waals surface area (Å²) in [5.74, 6) is -0.109. The fourth-order valence-corrected chi connectivity index (χ4v) is 2.64. The van der Waals surface area contributed by atoms with Crippen LogP contribution in [0.3, 0.4) is 0 Å². The molecule has 6 heteroatoms. The lowest BCUT2D eigenvalue weighted by atomic mass is 10.2. The lowest BCUT2D eigenvalue weighted by molar-refractivity contribution is -0.117. The van der Waals surface area contributed by atoms with Gasteiger partial charge < -0.3 is 10.4 Å². The molecule has 1 atom stereocenters. The third-order valence-corrected chi connectivity index (χ3v) is 3.94. The molecule has 0 radical (unpaired) electrons. The van der Waals surface area contributed by atoms with E-state index >= 15 is 0 Å². The third-order valence-electron chi connectivity index (χ3n) is 2.99. The summed E-state index contributed by atoms with van der Waals surface area (Å²) >= 11 is 1.51. The first kappa shape index (κ1) is 15.5. The van der Waals surface area contributed by atoms with Gasteiger partial charge >= 0.3 is 0 Å². The smallest absolute Gasteiger partial charge is 0.244 e. The number of rotatable bonds is 7. The van der Waals surface area contributed by atoms with E-state index in [9.17, 15) is 4.79 Å². The molecule has 5 nitrogen and oxygen atoms in total. The lowest BCUT2D eigenvalue weighted by Crippen LogP contribution is -2.32. The first-order valence-corrected chi connectivity index (χ1v) is 7.69. The van der Waals surface area contributed by atoms with Crippen molar-refractivity contribution in [2.45, 2.75) is 32.5 Å². The van der Waals surface area contributed by atoms with Crippen LogP contribution in [0.25, 0.3) is 6.08 Å². The Morgan fingerprint density at radius 1 is 1.62 bits per heavy atom. The van der Waals surface area contributed by atoms with E-state index in [1.165, 1.54) is 17.4 Å². The van der Waals surface area contributed by atoms with Crippen LogP contribution in [0.1, 0.15) is 23.8 Å². The van der Waals surface area contributed by atoms with Crippen LogP contribution in [0.15, 0.2) is 36.0 Å². The Morgan fingerprint density at radius 3 is 3.14 bits per heavy atom. The molecule has 2 N–H and O–H groups in total. The molecule has 1 amide bonds. The summed E-state index contributed by atoms with van der Waals surface area (Å²) < 4.78 is 1.85. The van der Waals surface area contributed by atoms with E-state index < -0.39 is 0 Å². The van der Waals surface area contributed by atoms with Crippen LogP contribution >= 0.6 is 11.3 Å². The number of carbonyl (C=O) groups excluding carboxylic acids is 1. The van der Waals surface area contributed by atoms with Gasteiger partial charge in [-0.1, -0.05) is 0 Å². The number of hydrogen-bond acceptors (Lipinski definition) is 4. The maximum Gasteiger partial charge on any atom is 0.244 e. The van der Waals surface area contributed by atoms with Gasteiger partial charge in [-0.25, -0.2) is 0 Å². The highest BCUT2D eigenvalue weighted by molar-refractivity contribution is 7.11. The zero-order valence-electron chi connectivity index (χ0n) is 11.9. The number of nitrogens with one attached hydrogen (secondary N) is 1. The summed E-state index contributed by atoms with van der Waals surface area (Å²) in [5.41, 5.74) is 0.868. The van der Waals surface area contributed by atoms with Crippen LogP contribution in [-0.2, 0) is 17.9 Å². The van der Waals surface area contributed by atoms with Gasteiger partial charge in [0.2, 0.25) is 5.91 Å². The maximum atomic E-state index is 11.8. The predicted molar refractivity (Wildman–Crippen MR) is 83.7 cm³/mol. The second-order valence-corrected chi connectivity index (χ2v) is 5.76. The van der Waals surface area contributed by atoms with Gasteiger partial charge in [-0.3, -0.25) is 9.48 Å². The Bertz CT molecular complexity index is 590. The molecule has 0 aliphatic rings. The molecule has 21 heavy (non-hydrogen) atoms. The van der Waals surface area contributed by atoms with E-state index in [2.05, 4.69) is 10.4 Å². The van der Waals surface area contributed by atoms with Crippen molar-refractivity contribution in [1.82, 2.24) is 15.1 Å². The molecule has 0 saturated carbocycles. The number of amides is 1. The standard InChI is InChI=1S/C15H19N3O2S/c1-12(5-8-18-7-2-6-16-18)17-15(20)4-3-14-9-13(10-19)11-21-14/h2-4,6-7,9,11-12,19H,5,8,10H2,1H3,(H,17,20)/b4-3+. The van der Waals surface area contributed by atoms with Gasteiger partial charge in [0, 0.05) is 35.9 Å². The second-order valence-electron chi connectivity index (χ2n) is 4.82. The Labute approximate surface area is 127 Å². The summed E-state index contributed by atoms with van der Waals surface area (Å²) in [6, 6.07) is 3.84. The molecule has 0 spiro atoms. The fourth-order valence-electron chi connectivity index (χ4n) is 1.84. The maximum absolute atomic E-state index is 11.8. The second kappa shape index (κ2) is 7.75. The number of carbonyl (C=O) groups is 1. The van der Waals surface area contributed by atoms with Crippen molar-refractivity contribution in [3.8, 4) is 0 Å². The highest BCUT2D eigenvalue weighted by atomic mass is 32.1. The molecule has 0 aliphatic carbocycles. The Balaban J connectivity index is 1.75. The Hall–Kier alpha value is -1.92. The van der Waals surface area contributed by atoms with Crippen LogP contribution in [-0.4, -0.2) is 26.8 Å². The number of nitrogens with zero attached hydrogens (tertiary/aromatic N) is 2. The molecule has 0 saturated heterocycles. The molecular weight excluding hydrogens is 286 g/mol. The molecule has 2 rings (SSSR count). The monoisotopic (exact) mass is 305 g/mol. The van der Waals surface area contributed by atoms with Crippen molar-refractivity contribution in [1.29, 1.82) is 0 Å². The molecular formula is C15H19N3O2S. The summed E-state index contributed by atoms with van der Waals surface area (Å²) in [6.45, 7) is 2.79. The Kier molecular flexibility index (Phi) is 5.71. The largest absolute Gasteiger partial charge is 0.392 e. The predicted octanol–water partition coefficient (Wildman–Crippen LogP) is 2.05. The highest BCUT2D eigenvalue weighted by Crippen LogP contribution is 2.15. The number of aromatic nitrogens is 2. The van der Waals surface area contributed by atoms with Crippen LogP contribution in [0, 0.1) is 0 Å². The Morgan fingerprint density at radius 2 is 2.48 bits per heavy atom. The third kappa shape index (κ3) is 5.17. The topological polar surface area (TPSA) is 67.2 Å². The summed E-state index contributed by atoms with van der Waals surface area (Å²) in [5, 5.41) is 17.9. The average Bonchev–Trinajstić information content (AvgIpc) is 3.14. The number of aliphatic hydroxyl groups is 1. The zero-order valence-corrected chi connectivity index (χ0v) is 12.7. The SMILES string of the molecule is CC(CCn1cccn1)NC(=O)/C=C/c1cc(CO)cs1. The van der Waals surface area contributed by atoms with E-state index in [1.807, 2.05) is 35.3 Å². The molecule has 2 aromatic heterocycles. The fraction of sp³-hybridized carbons (Fsp3) is 0.333. The first-order chi connectivity index (χ1) is 10.2. The van der Waals surface area contributed by atoms with E-state index in [1.54, 1.807) is 12.3 Å². The van der Waals surface area contributed by atoms with Crippen molar-refractivity contribution in [3.63, 3.8) is 0 Å². The van der Waals surface area contributed by atoms with E-state index in [4.69, 9.17) is 5.11 Å². The van der Waals surface area contributed by atoms with Gasteiger partial charge in [-0.2, -0.15) is 5.10 Å². The average molecular weight is 305 g/mol. The normalized spacial score (nSPS) is 12.7. The number of hydrogen-bond donors (Lipinski definition) is 2. The molecule has 112 valence electrons. The van der Waals surface area contributed by atoms with E-state index in [0.717, 1.165) is 23.4 Å². The first-order valence-electron chi connectivity index (χ1n) is 6.81. The molecule has 0 fully saturated rings.